The average Bonchev–Trinajstić information content (AvgIpc) is 2.35. The van der Waals surface area contributed by atoms with Gasteiger partial charge < -0.3 is 9.64 Å². The minimum Gasteiger partial charge on any atom is -0.462 e. The monoisotopic (exact) mass is 247 g/mol. The summed E-state index contributed by atoms with van der Waals surface area (Å²) in [5.74, 6) is -0.108. The quantitative estimate of drug-likeness (QED) is 0.767. The molecule has 0 bridgehead atoms. The highest BCUT2D eigenvalue weighted by Gasteiger charge is 2.25. The second-order valence-electron chi connectivity index (χ2n) is 5.13. The lowest BCUT2D eigenvalue weighted by atomic mass is 10.0. The molecule has 2 atom stereocenters. The van der Waals surface area contributed by atoms with Gasteiger partial charge in [0.15, 0.2) is 0 Å². The molecule has 1 aliphatic rings. The number of hydrogen-bond donors (Lipinski definition) is 0. The SMILES string of the molecule is C[C@H]1C[C@@H](OC(=O)Cc2ccccc2)CCN1C. The lowest BCUT2D eigenvalue weighted by Crippen LogP contribution is -2.41. The van der Waals surface area contributed by atoms with Gasteiger partial charge in [0.1, 0.15) is 6.10 Å². The Hall–Kier alpha value is -1.35. The van der Waals surface area contributed by atoms with Crippen LogP contribution in [0.5, 0.6) is 0 Å². The molecule has 1 heterocycles. The van der Waals surface area contributed by atoms with E-state index in [1.165, 1.54) is 0 Å². The first-order valence-electron chi connectivity index (χ1n) is 6.59. The van der Waals surface area contributed by atoms with Gasteiger partial charge in [-0.2, -0.15) is 0 Å². The van der Waals surface area contributed by atoms with Crippen LogP contribution in [-0.2, 0) is 16.0 Å². The number of hydrogen-bond acceptors (Lipinski definition) is 3. The number of carbonyl (C=O) groups is 1. The normalized spacial score (nSPS) is 24.8. The average molecular weight is 247 g/mol. The Morgan fingerprint density at radius 2 is 2.11 bits per heavy atom. The Morgan fingerprint density at radius 3 is 2.78 bits per heavy atom. The maximum absolute atomic E-state index is 11.8. The second kappa shape index (κ2) is 6.01. The number of benzene rings is 1. The van der Waals surface area contributed by atoms with E-state index in [9.17, 15) is 4.79 Å². The van der Waals surface area contributed by atoms with Crippen molar-refractivity contribution in [2.24, 2.45) is 0 Å². The molecule has 0 saturated carbocycles. The van der Waals surface area contributed by atoms with E-state index in [-0.39, 0.29) is 12.1 Å². The summed E-state index contributed by atoms with van der Waals surface area (Å²) in [5.41, 5.74) is 1.02. The molecule has 0 radical (unpaired) electrons. The Kier molecular flexibility index (Phi) is 4.37. The van der Waals surface area contributed by atoms with E-state index in [4.69, 9.17) is 4.74 Å². The first-order chi connectivity index (χ1) is 8.65. The molecule has 2 rings (SSSR count). The van der Waals surface area contributed by atoms with Crippen LogP contribution < -0.4 is 0 Å². The van der Waals surface area contributed by atoms with E-state index < -0.39 is 0 Å². The van der Waals surface area contributed by atoms with Gasteiger partial charge in [0.05, 0.1) is 6.42 Å². The van der Waals surface area contributed by atoms with Crippen molar-refractivity contribution in [2.45, 2.75) is 38.3 Å². The van der Waals surface area contributed by atoms with Crippen LogP contribution in [0.25, 0.3) is 0 Å². The van der Waals surface area contributed by atoms with Crippen LogP contribution in [0, 0.1) is 0 Å². The molecule has 0 unspecified atom stereocenters. The first-order valence-corrected chi connectivity index (χ1v) is 6.59. The minimum absolute atomic E-state index is 0.0902. The fourth-order valence-electron chi connectivity index (χ4n) is 2.34. The highest BCUT2D eigenvalue weighted by Crippen LogP contribution is 2.18. The van der Waals surface area contributed by atoms with Gasteiger partial charge in [-0.1, -0.05) is 30.3 Å². The third-order valence-electron chi connectivity index (χ3n) is 3.65. The molecular formula is C15H21NO2. The molecular weight excluding hydrogens is 226 g/mol. The molecule has 0 aliphatic carbocycles. The van der Waals surface area contributed by atoms with E-state index in [1.54, 1.807) is 0 Å². The highest BCUT2D eigenvalue weighted by molar-refractivity contribution is 5.72. The Bertz CT molecular complexity index is 391. The molecule has 3 heteroatoms. The van der Waals surface area contributed by atoms with Gasteiger partial charge in [0.25, 0.3) is 0 Å². The summed E-state index contributed by atoms with van der Waals surface area (Å²) in [5, 5.41) is 0. The van der Waals surface area contributed by atoms with Gasteiger partial charge >= 0.3 is 5.97 Å². The fraction of sp³-hybridized carbons (Fsp3) is 0.533. The van der Waals surface area contributed by atoms with Crippen molar-refractivity contribution in [1.82, 2.24) is 4.90 Å². The predicted molar refractivity (Wildman–Crippen MR) is 71.4 cm³/mol. The van der Waals surface area contributed by atoms with Crippen LogP contribution in [0.15, 0.2) is 30.3 Å². The zero-order valence-corrected chi connectivity index (χ0v) is 11.1. The van der Waals surface area contributed by atoms with Crippen molar-refractivity contribution in [3.63, 3.8) is 0 Å². The van der Waals surface area contributed by atoms with Crippen LogP contribution in [0.1, 0.15) is 25.3 Å². The zero-order chi connectivity index (χ0) is 13.0. The number of rotatable bonds is 3. The number of ether oxygens (including phenoxy) is 1. The van der Waals surface area contributed by atoms with Crippen molar-refractivity contribution in [3.05, 3.63) is 35.9 Å². The largest absolute Gasteiger partial charge is 0.462 e. The van der Waals surface area contributed by atoms with Crippen molar-refractivity contribution < 1.29 is 9.53 Å². The summed E-state index contributed by atoms with van der Waals surface area (Å²) in [7, 11) is 2.12. The Labute approximate surface area is 109 Å². The molecule has 0 aromatic heterocycles. The molecule has 18 heavy (non-hydrogen) atoms. The van der Waals surface area contributed by atoms with Gasteiger partial charge in [-0.25, -0.2) is 0 Å². The molecule has 3 nitrogen and oxygen atoms in total. The van der Waals surface area contributed by atoms with Gasteiger partial charge in [0, 0.05) is 12.6 Å². The van der Waals surface area contributed by atoms with Gasteiger partial charge in [-0.3, -0.25) is 4.79 Å². The molecule has 0 amide bonds. The molecule has 1 aromatic carbocycles. The number of carbonyl (C=O) groups excluding carboxylic acids is 1. The topological polar surface area (TPSA) is 29.5 Å². The number of likely N-dealkylation sites (tertiary alicyclic amines) is 1. The smallest absolute Gasteiger partial charge is 0.310 e. The summed E-state index contributed by atoms with van der Waals surface area (Å²) in [6, 6.07) is 10.2. The fourth-order valence-corrected chi connectivity index (χ4v) is 2.34. The zero-order valence-electron chi connectivity index (χ0n) is 11.1. The molecule has 98 valence electrons. The molecule has 1 aromatic rings. The standard InChI is InChI=1S/C15H21NO2/c1-12-10-14(8-9-16(12)2)18-15(17)11-13-6-4-3-5-7-13/h3-7,12,14H,8-11H2,1-2H3/t12-,14-/m0/s1. The van der Waals surface area contributed by atoms with E-state index in [0.29, 0.717) is 12.5 Å². The van der Waals surface area contributed by atoms with Crippen molar-refractivity contribution in [2.75, 3.05) is 13.6 Å². The van der Waals surface area contributed by atoms with Gasteiger partial charge in [-0.05, 0) is 32.4 Å². The maximum Gasteiger partial charge on any atom is 0.310 e. The van der Waals surface area contributed by atoms with Crippen molar-refractivity contribution in [3.8, 4) is 0 Å². The van der Waals surface area contributed by atoms with Crippen LogP contribution in [-0.4, -0.2) is 36.6 Å². The molecule has 1 fully saturated rings. The van der Waals surface area contributed by atoms with E-state index in [2.05, 4.69) is 18.9 Å². The van der Waals surface area contributed by atoms with Crippen LogP contribution in [0.3, 0.4) is 0 Å². The van der Waals surface area contributed by atoms with Gasteiger partial charge in [0.2, 0.25) is 0 Å². The number of piperidine rings is 1. The summed E-state index contributed by atoms with van der Waals surface area (Å²) in [6.07, 6.45) is 2.35. The van der Waals surface area contributed by atoms with Crippen LogP contribution in [0.4, 0.5) is 0 Å². The van der Waals surface area contributed by atoms with Crippen LogP contribution >= 0.6 is 0 Å². The lowest BCUT2D eigenvalue weighted by Gasteiger charge is -2.34. The maximum atomic E-state index is 11.8. The molecule has 1 aliphatic heterocycles. The van der Waals surface area contributed by atoms with E-state index >= 15 is 0 Å². The lowest BCUT2D eigenvalue weighted by molar-refractivity contribution is -0.151. The molecule has 0 spiro atoms. The summed E-state index contributed by atoms with van der Waals surface area (Å²) in [4.78, 5) is 14.1. The molecule has 1 saturated heterocycles. The van der Waals surface area contributed by atoms with Crippen molar-refractivity contribution >= 4 is 5.97 Å². The summed E-state index contributed by atoms with van der Waals surface area (Å²) >= 11 is 0. The Morgan fingerprint density at radius 1 is 1.39 bits per heavy atom. The van der Waals surface area contributed by atoms with Gasteiger partial charge in [-0.15, -0.1) is 0 Å². The first kappa shape index (κ1) is 13.1. The van der Waals surface area contributed by atoms with E-state index in [0.717, 1.165) is 24.9 Å². The number of nitrogens with zero attached hydrogens (tertiary/aromatic N) is 1. The number of esters is 1. The molecule has 0 N–H and O–H groups in total. The predicted octanol–water partition coefficient (Wildman–Crippen LogP) is 2.26. The Balaban J connectivity index is 1.81. The summed E-state index contributed by atoms with van der Waals surface area (Å²) in [6.45, 7) is 3.18. The van der Waals surface area contributed by atoms with Crippen molar-refractivity contribution in [1.29, 1.82) is 0 Å². The van der Waals surface area contributed by atoms with E-state index in [1.807, 2.05) is 30.3 Å². The highest BCUT2D eigenvalue weighted by atomic mass is 16.5. The third kappa shape index (κ3) is 3.57. The van der Waals surface area contributed by atoms with Crippen LogP contribution in [0.2, 0.25) is 0 Å². The second-order valence-corrected chi connectivity index (χ2v) is 5.13. The summed E-state index contributed by atoms with van der Waals surface area (Å²) < 4.78 is 5.55. The minimum atomic E-state index is -0.108. The third-order valence-corrected chi connectivity index (χ3v) is 3.65.